The van der Waals surface area contributed by atoms with Crippen LogP contribution in [0.25, 0.3) is 0 Å². The summed E-state index contributed by atoms with van der Waals surface area (Å²) >= 11 is 0. The van der Waals surface area contributed by atoms with Crippen molar-refractivity contribution in [3.05, 3.63) is 95.3 Å². The summed E-state index contributed by atoms with van der Waals surface area (Å²) in [6.45, 7) is 0.247. The second-order valence-electron chi connectivity index (χ2n) is 7.57. The number of nitrogens with zero attached hydrogens (tertiary/aromatic N) is 1. The Morgan fingerprint density at radius 1 is 0.943 bits per heavy atom. The highest BCUT2D eigenvalue weighted by Gasteiger charge is 2.30. The Labute approximate surface area is 200 Å². The zero-order chi connectivity index (χ0) is 25.6. The number of hydrogen-bond acceptors (Lipinski definition) is 4. The molecule has 0 saturated carbocycles. The average Bonchev–Trinajstić information content (AvgIpc) is 2.80. The number of nitrogens with one attached hydrogen (secondary N) is 1. The van der Waals surface area contributed by atoms with Crippen molar-refractivity contribution in [2.45, 2.75) is 12.7 Å². The first-order valence-corrected chi connectivity index (χ1v) is 12.2. The van der Waals surface area contributed by atoms with Crippen molar-refractivity contribution < 1.29 is 35.5 Å². The molecule has 3 aromatic rings. The molecule has 0 atom stereocenters. The molecule has 0 spiro atoms. The van der Waals surface area contributed by atoms with E-state index in [1.165, 1.54) is 36.4 Å². The second-order valence-corrected chi connectivity index (χ2v) is 9.48. The van der Waals surface area contributed by atoms with Gasteiger partial charge in [0.25, 0.3) is 5.91 Å². The predicted octanol–water partition coefficient (Wildman–Crippen LogP) is 4.62. The van der Waals surface area contributed by atoms with Gasteiger partial charge in [-0.2, -0.15) is 13.2 Å². The molecule has 11 heteroatoms. The molecule has 3 aromatic carbocycles. The van der Waals surface area contributed by atoms with Crippen molar-refractivity contribution in [2.75, 3.05) is 23.7 Å². The number of rotatable bonds is 9. The van der Waals surface area contributed by atoms with Gasteiger partial charge in [-0.15, -0.1) is 0 Å². The summed E-state index contributed by atoms with van der Waals surface area (Å²) in [5, 5.41) is 2.67. The monoisotopic (exact) mass is 510 g/mol. The smallest absolute Gasteiger partial charge is 0.416 e. The van der Waals surface area contributed by atoms with E-state index in [9.17, 15) is 30.8 Å². The molecule has 0 heterocycles. The number of carbonyl (C=O) groups is 1. The molecule has 186 valence electrons. The highest BCUT2D eigenvalue weighted by molar-refractivity contribution is 7.92. The summed E-state index contributed by atoms with van der Waals surface area (Å²) < 4.78 is 82.2. The van der Waals surface area contributed by atoms with Crippen molar-refractivity contribution in [3.8, 4) is 5.75 Å². The van der Waals surface area contributed by atoms with E-state index in [-0.39, 0.29) is 37.1 Å². The summed E-state index contributed by atoms with van der Waals surface area (Å²) in [7, 11) is -3.79. The lowest BCUT2D eigenvalue weighted by Gasteiger charge is -2.23. The van der Waals surface area contributed by atoms with Gasteiger partial charge in [0.2, 0.25) is 10.0 Å². The standard InChI is InChI=1S/C24H22F4N2O4S/c1-35(32,33)30(21-10-6-19(7-11-21)24(26,27)28)16-17-2-4-18(5-3-17)23(31)29-14-15-34-22-12-8-20(25)9-13-22/h2-13H,14-16H2,1H3,(H,29,31). The van der Waals surface area contributed by atoms with Gasteiger partial charge >= 0.3 is 6.18 Å². The van der Waals surface area contributed by atoms with Gasteiger partial charge in [0.15, 0.2) is 0 Å². The van der Waals surface area contributed by atoms with E-state index >= 15 is 0 Å². The van der Waals surface area contributed by atoms with Gasteiger partial charge in [0, 0.05) is 5.56 Å². The van der Waals surface area contributed by atoms with Crippen molar-refractivity contribution in [2.24, 2.45) is 0 Å². The molecule has 0 radical (unpaired) electrons. The number of sulfonamides is 1. The molecule has 35 heavy (non-hydrogen) atoms. The largest absolute Gasteiger partial charge is 0.492 e. The van der Waals surface area contributed by atoms with Crippen LogP contribution in [0.15, 0.2) is 72.8 Å². The lowest BCUT2D eigenvalue weighted by molar-refractivity contribution is -0.137. The zero-order valence-corrected chi connectivity index (χ0v) is 19.4. The van der Waals surface area contributed by atoms with Crippen LogP contribution in [0.4, 0.5) is 23.2 Å². The van der Waals surface area contributed by atoms with Crippen LogP contribution >= 0.6 is 0 Å². The second kappa shape index (κ2) is 10.8. The van der Waals surface area contributed by atoms with Crippen LogP contribution in [-0.4, -0.2) is 33.7 Å². The van der Waals surface area contributed by atoms with E-state index < -0.39 is 21.8 Å². The number of alkyl halides is 3. The molecule has 0 fully saturated rings. The topological polar surface area (TPSA) is 75.7 Å². The van der Waals surface area contributed by atoms with Crippen LogP contribution in [0.5, 0.6) is 5.75 Å². The fourth-order valence-corrected chi connectivity index (χ4v) is 4.00. The average molecular weight is 511 g/mol. The quantitative estimate of drug-likeness (QED) is 0.337. The summed E-state index contributed by atoms with van der Waals surface area (Å²) in [4.78, 5) is 12.3. The molecule has 3 rings (SSSR count). The van der Waals surface area contributed by atoms with Gasteiger partial charge in [-0.1, -0.05) is 12.1 Å². The maximum absolute atomic E-state index is 12.9. The Morgan fingerprint density at radius 2 is 1.54 bits per heavy atom. The maximum Gasteiger partial charge on any atom is 0.416 e. The highest BCUT2D eigenvalue weighted by atomic mass is 32.2. The molecule has 0 saturated heterocycles. The lowest BCUT2D eigenvalue weighted by Crippen LogP contribution is -2.29. The third-order valence-corrected chi connectivity index (χ3v) is 6.04. The first kappa shape index (κ1) is 26.0. The molecule has 0 aromatic heterocycles. The minimum Gasteiger partial charge on any atom is -0.492 e. The molecular weight excluding hydrogens is 488 g/mol. The van der Waals surface area contributed by atoms with Crippen molar-refractivity contribution in [3.63, 3.8) is 0 Å². The lowest BCUT2D eigenvalue weighted by atomic mass is 10.1. The van der Waals surface area contributed by atoms with E-state index in [1.807, 2.05) is 0 Å². The molecule has 6 nitrogen and oxygen atoms in total. The Morgan fingerprint density at radius 3 is 2.09 bits per heavy atom. The molecular formula is C24H22F4N2O4S. The number of hydrogen-bond donors (Lipinski definition) is 1. The molecule has 0 bridgehead atoms. The number of halogens is 4. The summed E-state index contributed by atoms with van der Waals surface area (Å²) in [5.41, 5.74) is 0.0686. The number of amides is 1. The maximum atomic E-state index is 12.9. The van der Waals surface area contributed by atoms with E-state index in [0.717, 1.165) is 34.8 Å². The first-order valence-electron chi connectivity index (χ1n) is 10.3. The van der Waals surface area contributed by atoms with Gasteiger partial charge in [-0.25, -0.2) is 12.8 Å². The fourth-order valence-electron chi connectivity index (χ4n) is 3.11. The minimum absolute atomic E-state index is 0.0866. The van der Waals surface area contributed by atoms with E-state index in [0.29, 0.717) is 16.9 Å². The highest BCUT2D eigenvalue weighted by Crippen LogP contribution is 2.31. The van der Waals surface area contributed by atoms with Gasteiger partial charge < -0.3 is 10.1 Å². The van der Waals surface area contributed by atoms with Crippen LogP contribution < -0.4 is 14.4 Å². The van der Waals surface area contributed by atoms with Gasteiger partial charge in [-0.05, 0) is 66.2 Å². The van der Waals surface area contributed by atoms with E-state index in [1.54, 1.807) is 12.1 Å². The molecule has 0 unspecified atom stereocenters. The predicted molar refractivity (Wildman–Crippen MR) is 123 cm³/mol. The molecule has 0 aliphatic rings. The van der Waals surface area contributed by atoms with Crippen LogP contribution in [0.2, 0.25) is 0 Å². The summed E-state index contributed by atoms with van der Waals surface area (Å²) in [6, 6.07) is 15.5. The van der Waals surface area contributed by atoms with Crippen LogP contribution in [0.1, 0.15) is 21.5 Å². The first-order chi connectivity index (χ1) is 16.4. The van der Waals surface area contributed by atoms with E-state index in [2.05, 4.69) is 5.32 Å². The normalized spacial score (nSPS) is 11.7. The number of carbonyl (C=O) groups excluding carboxylic acids is 1. The van der Waals surface area contributed by atoms with Gasteiger partial charge in [-0.3, -0.25) is 9.10 Å². The molecule has 1 N–H and O–H groups in total. The fraction of sp³-hybridized carbons (Fsp3) is 0.208. The number of benzene rings is 3. The SMILES string of the molecule is CS(=O)(=O)N(Cc1ccc(C(=O)NCCOc2ccc(F)cc2)cc1)c1ccc(C(F)(F)F)cc1. The molecule has 0 aliphatic carbocycles. The molecule has 1 amide bonds. The van der Waals surface area contributed by atoms with Crippen molar-refractivity contribution >= 4 is 21.6 Å². The Balaban J connectivity index is 1.59. The van der Waals surface area contributed by atoms with Crippen LogP contribution in [0, 0.1) is 5.82 Å². The Bertz CT molecular complexity index is 1240. The molecule has 0 aliphatic heterocycles. The summed E-state index contributed by atoms with van der Waals surface area (Å²) in [6.07, 6.45) is -3.57. The third-order valence-electron chi connectivity index (χ3n) is 4.90. The number of ether oxygens (including phenoxy) is 1. The van der Waals surface area contributed by atoms with E-state index in [4.69, 9.17) is 4.74 Å². The van der Waals surface area contributed by atoms with Crippen molar-refractivity contribution in [1.82, 2.24) is 5.32 Å². The van der Waals surface area contributed by atoms with Gasteiger partial charge in [0.05, 0.1) is 30.6 Å². The Kier molecular flexibility index (Phi) is 8.00. The minimum atomic E-state index is -4.53. The van der Waals surface area contributed by atoms with Gasteiger partial charge in [0.1, 0.15) is 18.2 Å². The Hall–Kier alpha value is -3.60. The van der Waals surface area contributed by atoms with Crippen LogP contribution in [0.3, 0.4) is 0 Å². The third kappa shape index (κ3) is 7.44. The van der Waals surface area contributed by atoms with Crippen molar-refractivity contribution in [1.29, 1.82) is 0 Å². The van der Waals surface area contributed by atoms with Crippen LogP contribution in [-0.2, 0) is 22.7 Å². The summed E-state index contributed by atoms with van der Waals surface area (Å²) in [5.74, 6) is -0.288. The number of anilines is 1. The zero-order valence-electron chi connectivity index (χ0n) is 18.5.